The molecule has 2 rings (SSSR count). The quantitative estimate of drug-likeness (QED) is 0.280. The summed E-state index contributed by atoms with van der Waals surface area (Å²) in [6, 6.07) is 4.68. The number of aliphatic hydroxyl groups excluding tert-OH is 1. The van der Waals surface area contributed by atoms with Gasteiger partial charge < -0.3 is 25.1 Å². The highest BCUT2D eigenvalue weighted by Crippen LogP contribution is 2.25. The molecule has 0 spiro atoms. The van der Waals surface area contributed by atoms with Crippen LogP contribution in [0.25, 0.3) is 6.08 Å². The van der Waals surface area contributed by atoms with Gasteiger partial charge in [-0.1, -0.05) is 59.8 Å². The number of aromatic hydroxyl groups is 1. The molecule has 31 heavy (non-hydrogen) atoms. The molecular weight excluding hydrogens is 400 g/mol. The van der Waals surface area contributed by atoms with E-state index in [0.717, 1.165) is 0 Å². The second-order valence-electron chi connectivity index (χ2n) is 6.25. The van der Waals surface area contributed by atoms with Crippen LogP contribution in [0.2, 0.25) is 0 Å². The van der Waals surface area contributed by atoms with Crippen molar-refractivity contribution in [2.45, 2.75) is 18.6 Å². The van der Waals surface area contributed by atoms with Crippen molar-refractivity contribution in [2.24, 2.45) is 5.16 Å². The average Bonchev–Trinajstić information content (AvgIpc) is 2.74. The van der Waals surface area contributed by atoms with Crippen molar-refractivity contribution >= 4 is 24.2 Å². The monoisotopic (exact) mass is 424 g/mol. The van der Waals surface area contributed by atoms with E-state index in [0.29, 0.717) is 5.56 Å². The minimum absolute atomic E-state index is 0.00838. The molecule has 0 saturated carbocycles. The smallest absolute Gasteiger partial charge is 0.342 e. The number of phenolic OH excluding ortho intramolecular Hbond substituents is 1. The summed E-state index contributed by atoms with van der Waals surface area (Å²) in [5, 5.41) is 26.5. The molecule has 0 saturated heterocycles. The van der Waals surface area contributed by atoms with Gasteiger partial charge in [0.1, 0.15) is 30.6 Å². The molecule has 2 atom stereocenters. The van der Waals surface area contributed by atoms with E-state index in [1.165, 1.54) is 43.8 Å². The summed E-state index contributed by atoms with van der Waals surface area (Å²) < 4.78 is 5.47. The van der Waals surface area contributed by atoms with Gasteiger partial charge in [-0.3, -0.25) is 4.79 Å². The van der Waals surface area contributed by atoms with Crippen LogP contribution in [0.1, 0.15) is 22.3 Å². The summed E-state index contributed by atoms with van der Waals surface area (Å²) in [7, 11) is 1.39. The Balaban J connectivity index is 2.12. The lowest BCUT2D eigenvalue weighted by Gasteiger charge is -2.21. The zero-order valence-electron chi connectivity index (χ0n) is 16.9. The lowest BCUT2D eigenvalue weighted by molar-refractivity contribution is -0.115. The first-order valence-corrected chi connectivity index (χ1v) is 9.44. The molecule has 0 bridgehead atoms. The average molecular weight is 424 g/mol. The first-order chi connectivity index (χ1) is 15.0. The summed E-state index contributed by atoms with van der Waals surface area (Å²) in [6.45, 7) is 0. The summed E-state index contributed by atoms with van der Waals surface area (Å²) in [4.78, 5) is 28.8. The van der Waals surface area contributed by atoms with Gasteiger partial charge in [0.25, 0.3) is 0 Å². The van der Waals surface area contributed by atoms with E-state index in [9.17, 15) is 19.8 Å². The van der Waals surface area contributed by atoms with Crippen molar-refractivity contribution in [1.29, 1.82) is 0 Å². The summed E-state index contributed by atoms with van der Waals surface area (Å²) in [6.07, 6.45) is 14.9. The van der Waals surface area contributed by atoms with Gasteiger partial charge in [0.2, 0.25) is 5.91 Å². The van der Waals surface area contributed by atoms with E-state index in [1.807, 2.05) is 0 Å². The van der Waals surface area contributed by atoms with Crippen LogP contribution >= 0.6 is 0 Å². The number of rotatable bonds is 6. The number of oxime groups is 1. The zero-order valence-corrected chi connectivity index (χ0v) is 16.9. The molecule has 3 N–H and O–H groups in total. The van der Waals surface area contributed by atoms with Crippen LogP contribution in [-0.2, 0) is 14.4 Å². The highest BCUT2D eigenvalue weighted by molar-refractivity contribution is 5.96. The Bertz CT molecular complexity index is 943. The molecule has 0 fully saturated rings. The molecule has 1 aliphatic rings. The lowest BCUT2D eigenvalue weighted by atomic mass is 10.0. The van der Waals surface area contributed by atoms with Crippen LogP contribution in [0.4, 0.5) is 0 Å². The number of allylic oxidation sites excluding steroid dienone is 5. The largest absolute Gasteiger partial charge is 0.507 e. The number of amides is 1. The molecule has 1 aromatic rings. The van der Waals surface area contributed by atoms with E-state index >= 15 is 0 Å². The molecule has 162 valence electrons. The third-order valence-corrected chi connectivity index (χ3v) is 4.05. The number of phenols is 1. The molecule has 1 aromatic carbocycles. The van der Waals surface area contributed by atoms with E-state index in [4.69, 9.17) is 4.74 Å². The van der Waals surface area contributed by atoms with Crippen LogP contribution in [-0.4, -0.2) is 47.6 Å². The molecule has 1 heterocycles. The van der Waals surface area contributed by atoms with Crippen molar-refractivity contribution < 1.29 is 29.4 Å². The number of cyclic esters (lactones) is 1. The molecule has 0 unspecified atom stereocenters. The fourth-order valence-electron chi connectivity index (χ4n) is 2.58. The number of hydrogen-bond acceptors (Lipinski definition) is 7. The van der Waals surface area contributed by atoms with Crippen LogP contribution < -0.4 is 5.32 Å². The second-order valence-corrected chi connectivity index (χ2v) is 6.25. The topological polar surface area (TPSA) is 117 Å². The SMILES string of the molecule is CO/N=C/C=C\C(=O)N/C=C/C[C@@H]1OC(=O)c2c(O)cccc2/C=C/C=C\C=C/[C@@H]1O. The number of hydrogen-bond donors (Lipinski definition) is 3. The van der Waals surface area contributed by atoms with E-state index in [-0.39, 0.29) is 17.7 Å². The molecular formula is C23H24N2O6. The third-order valence-electron chi connectivity index (χ3n) is 4.05. The van der Waals surface area contributed by atoms with Gasteiger partial charge in [-0.15, -0.1) is 0 Å². The van der Waals surface area contributed by atoms with Gasteiger partial charge in [0.05, 0.1) is 6.21 Å². The van der Waals surface area contributed by atoms with Gasteiger partial charge in [0.15, 0.2) is 0 Å². The number of benzene rings is 1. The fraction of sp³-hybridized carbons (Fsp3) is 0.174. The van der Waals surface area contributed by atoms with Crippen molar-refractivity contribution in [2.75, 3.05) is 7.11 Å². The first-order valence-electron chi connectivity index (χ1n) is 9.44. The maximum Gasteiger partial charge on any atom is 0.342 e. The summed E-state index contributed by atoms with van der Waals surface area (Å²) in [5.74, 6) is -1.38. The van der Waals surface area contributed by atoms with E-state index in [1.54, 1.807) is 48.6 Å². The van der Waals surface area contributed by atoms with Gasteiger partial charge >= 0.3 is 5.97 Å². The minimum Gasteiger partial charge on any atom is -0.507 e. The predicted octanol–water partition coefficient (Wildman–Crippen LogP) is 2.63. The Morgan fingerprint density at radius 1 is 1.29 bits per heavy atom. The van der Waals surface area contributed by atoms with Crippen molar-refractivity contribution in [1.82, 2.24) is 5.32 Å². The zero-order chi connectivity index (χ0) is 22.5. The standard InChI is InChI=1S/C23H24N2O6/c1-30-25-16-8-14-21(28)24-15-7-13-20-18(26)11-5-3-2-4-9-17-10-6-12-19(27)22(17)23(29)31-20/h2-12,14-16,18,20,26-27H,13H2,1H3,(H,24,28)/b3-2-,9-4+,11-5-,14-8-,15-7+,25-16+/t18-,20-/m0/s1. The molecule has 1 amide bonds. The molecule has 8 heteroatoms. The van der Waals surface area contributed by atoms with Gasteiger partial charge in [0, 0.05) is 18.7 Å². The predicted molar refractivity (Wildman–Crippen MR) is 117 cm³/mol. The van der Waals surface area contributed by atoms with Crippen molar-refractivity contribution in [3.05, 3.63) is 84.1 Å². The molecule has 0 aromatic heterocycles. The van der Waals surface area contributed by atoms with Crippen molar-refractivity contribution in [3.63, 3.8) is 0 Å². The van der Waals surface area contributed by atoms with Gasteiger partial charge in [-0.05, 0) is 17.7 Å². The Hall–Kier alpha value is -3.91. The number of esters is 1. The number of nitrogens with one attached hydrogen (secondary N) is 1. The Morgan fingerprint density at radius 3 is 2.90 bits per heavy atom. The minimum atomic E-state index is -1.10. The van der Waals surface area contributed by atoms with Gasteiger partial charge in [-0.2, -0.15) is 0 Å². The molecule has 1 aliphatic heterocycles. The Morgan fingerprint density at radius 2 is 2.10 bits per heavy atom. The number of carbonyl (C=O) groups excluding carboxylic acids is 2. The lowest BCUT2D eigenvalue weighted by Crippen LogP contribution is -2.30. The number of ether oxygens (including phenoxy) is 1. The maximum absolute atomic E-state index is 12.7. The number of nitrogens with zero attached hydrogens (tertiary/aromatic N) is 1. The molecule has 8 nitrogen and oxygen atoms in total. The number of aliphatic hydroxyl groups is 1. The second kappa shape index (κ2) is 12.6. The summed E-state index contributed by atoms with van der Waals surface area (Å²) in [5.41, 5.74) is 0.494. The Labute approximate surface area is 180 Å². The molecule has 0 radical (unpaired) electrons. The van der Waals surface area contributed by atoms with Gasteiger partial charge in [-0.25, -0.2) is 4.79 Å². The van der Waals surface area contributed by atoms with Crippen LogP contribution in [0.5, 0.6) is 5.75 Å². The highest BCUT2D eigenvalue weighted by Gasteiger charge is 2.24. The summed E-state index contributed by atoms with van der Waals surface area (Å²) >= 11 is 0. The number of carbonyl (C=O) groups is 2. The van der Waals surface area contributed by atoms with E-state index in [2.05, 4.69) is 15.3 Å². The maximum atomic E-state index is 12.7. The number of fused-ring (bicyclic) bond motifs is 1. The van der Waals surface area contributed by atoms with Crippen LogP contribution in [0, 0.1) is 0 Å². The third kappa shape index (κ3) is 7.79. The highest BCUT2D eigenvalue weighted by atomic mass is 16.6. The normalized spacial score (nSPS) is 22.3. The Kier molecular flexibility index (Phi) is 9.51. The van der Waals surface area contributed by atoms with Crippen LogP contribution in [0.15, 0.2) is 78.2 Å². The fourth-order valence-corrected chi connectivity index (χ4v) is 2.58. The van der Waals surface area contributed by atoms with E-state index < -0.39 is 24.1 Å². The van der Waals surface area contributed by atoms with Crippen molar-refractivity contribution in [3.8, 4) is 5.75 Å². The molecule has 0 aliphatic carbocycles. The van der Waals surface area contributed by atoms with Crippen LogP contribution in [0.3, 0.4) is 0 Å². The first kappa shape index (κ1) is 23.4.